The molecule has 1 aliphatic carbocycles. The van der Waals surface area contributed by atoms with Crippen LogP contribution >= 0.6 is 0 Å². The van der Waals surface area contributed by atoms with Gasteiger partial charge in [0.2, 0.25) is 0 Å². The van der Waals surface area contributed by atoms with E-state index in [2.05, 4.69) is 4.74 Å². The molecule has 10 heavy (non-hydrogen) atoms. The molecular formula is C8H17O2+. The molecule has 1 N–H and O–H groups in total. The van der Waals surface area contributed by atoms with E-state index >= 15 is 0 Å². The van der Waals surface area contributed by atoms with E-state index < -0.39 is 0 Å². The minimum Gasteiger partial charge on any atom is -0.412 e. The summed E-state index contributed by atoms with van der Waals surface area (Å²) < 4.78 is 9.62. The number of aliphatic hydroxyl groups is 2. The summed E-state index contributed by atoms with van der Waals surface area (Å²) in [7, 11) is 1.81. The Bertz CT molecular complexity index is 87.3. The lowest BCUT2D eigenvalue weighted by Crippen LogP contribution is -2.20. The molecule has 0 radical (unpaired) electrons. The Morgan fingerprint density at radius 1 is 1.40 bits per heavy atom. The molecule has 1 unspecified atom stereocenters. The Morgan fingerprint density at radius 2 is 2.00 bits per heavy atom. The average Bonchev–Trinajstić information content (AvgIpc) is 2.40. The molecule has 60 valence electrons. The van der Waals surface area contributed by atoms with Gasteiger partial charge in [0.15, 0.2) is 0 Å². The molecule has 2 nitrogen and oxygen atoms in total. The van der Waals surface area contributed by atoms with Crippen molar-refractivity contribution in [3.05, 3.63) is 0 Å². The first-order chi connectivity index (χ1) is 4.83. The average molecular weight is 145 g/mol. The molecule has 0 saturated heterocycles. The summed E-state index contributed by atoms with van der Waals surface area (Å²) >= 11 is 0. The van der Waals surface area contributed by atoms with Gasteiger partial charge in [-0.25, -0.2) is 0 Å². The lowest BCUT2D eigenvalue weighted by Gasteiger charge is -2.13. The lowest BCUT2D eigenvalue weighted by atomic mass is 10.3. The molecule has 0 aromatic rings. The summed E-state index contributed by atoms with van der Waals surface area (Å²) in [4.78, 5) is 0. The normalized spacial score (nSPS) is 23.4. The monoisotopic (exact) mass is 145 g/mol. The first-order valence-corrected chi connectivity index (χ1v) is 4.07. The Hall–Kier alpha value is -0.0800. The van der Waals surface area contributed by atoms with Crippen LogP contribution in [0.4, 0.5) is 0 Å². The Labute approximate surface area is 62.5 Å². The van der Waals surface area contributed by atoms with E-state index in [1.165, 1.54) is 25.7 Å². The van der Waals surface area contributed by atoms with Gasteiger partial charge >= 0.3 is 0 Å². The first kappa shape index (κ1) is 8.02. The molecule has 0 aromatic carbocycles. The quantitative estimate of drug-likeness (QED) is 0.435. The zero-order valence-electron chi connectivity index (χ0n) is 6.84. The van der Waals surface area contributed by atoms with Gasteiger partial charge in [-0.05, 0) is 12.8 Å². The smallest absolute Gasteiger partial charge is 0.261 e. The highest BCUT2D eigenvalue weighted by molar-refractivity contribution is 4.66. The van der Waals surface area contributed by atoms with Crippen molar-refractivity contribution in [1.29, 1.82) is 0 Å². The standard InChI is InChI=1S/C8H16O2/c1-7(9-2)10-8-5-3-4-6-8/h7-8H,3-6H2,1-2H3/p+1. The fraction of sp³-hybridized carbons (Fsp3) is 1.00. The van der Waals surface area contributed by atoms with Crippen LogP contribution < -0.4 is 0 Å². The molecule has 2 heteroatoms. The van der Waals surface area contributed by atoms with Crippen LogP contribution in [0, 0.1) is 0 Å². The highest BCUT2D eigenvalue weighted by atomic mass is 16.7. The molecule has 1 saturated carbocycles. The highest BCUT2D eigenvalue weighted by Crippen LogP contribution is 2.21. The van der Waals surface area contributed by atoms with Gasteiger partial charge in [-0.3, -0.25) is 0 Å². The molecule has 0 amide bonds. The van der Waals surface area contributed by atoms with Crippen molar-refractivity contribution in [3.63, 3.8) is 0 Å². The molecule has 0 aromatic heterocycles. The summed E-state index contributed by atoms with van der Waals surface area (Å²) in [6.45, 7) is 2.00. The maximum atomic E-state index is 5.59. The van der Waals surface area contributed by atoms with E-state index in [1.807, 2.05) is 6.92 Å². The maximum absolute atomic E-state index is 5.59. The fourth-order valence-electron chi connectivity index (χ4n) is 1.36. The SMILES string of the molecule is C[OH+]C(C)OC1CCCC1. The maximum Gasteiger partial charge on any atom is 0.261 e. The Balaban J connectivity index is 2.11. The zero-order valence-corrected chi connectivity index (χ0v) is 6.84. The third-order valence-corrected chi connectivity index (χ3v) is 2.06. The molecule has 0 bridgehead atoms. The van der Waals surface area contributed by atoms with Crippen molar-refractivity contribution in [2.45, 2.75) is 45.0 Å². The number of hydrogen-bond acceptors (Lipinski definition) is 1. The molecule has 1 atom stereocenters. The van der Waals surface area contributed by atoms with Crippen molar-refractivity contribution in [2.75, 3.05) is 7.11 Å². The van der Waals surface area contributed by atoms with Gasteiger partial charge in [-0.2, -0.15) is 0 Å². The van der Waals surface area contributed by atoms with E-state index in [9.17, 15) is 0 Å². The van der Waals surface area contributed by atoms with Crippen LogP contribution in [0.1, 0.15) is 32.6 Å². The summed E-state index contributed by atoms with van der Waals surface area (Å²) in [6, 6.07) is 0. The van der Waals surface area contributed by atoms with Crippen molar-refractivity contribution in [3.8, 4) is 0 Å². The molecule has 0 spiro atoms. The summed E-state index contributed by atoms with van der Waals surface area (Å²) in [6.07, 6.45) is 5.74. The molecule has 0 heterocycles. The number of rotatable bonds is 3. The molecule has 1 fully saturated rings. The molecule has 1 rings (SSSR count). The van der Waals surface area contributed by atoms with E-state index in [0.717, 1.165) is 0 Å². The van der Waals surface area contributed by atoms with Crippen LogP contribution in [0.25, 0.3) is 0 Å². The van der Waals surface area contributed by atoms with Crippen molar-refractivity contribution in [1.82, 2.24) is 0 Å². The van der Waals surface area contributed by atoms with Crippen molar-refractivity contribution < 1.29 is 9.47 Å². The zero-order chi connectivity index (χ0) is 7.40. The lowest BCUT2D eigenvalue weighted by molar-refractivity contribution is -0.224. The Kier molecular flexibility index (Phi) is 3.16. The van der Waals surface area contributed by atoms with E-state index in [1.54, 1.807) is 7.11 Å². The van der Waals surface area contributed by atoms with Crippen LogP contribution in [0.2, 0.25) is 0 Å². The van der Waals surface area contributed by atoms with Crippen molar-refractivity contribution in [2.24, 2.45) is 0 Å². The first-order valence-electron chi connectivity index (χ1n) is 4.07. The molecule has 0 aliphatic heterocycles. The molecule has 1 aliphatic rings. The van der Waals surface area contributed by atoms with E-state index in [0.29, 0.717) is 6.10 Å². The second kappa shape index (κ2) is 3.94. The summed E-state index contributed by atoms with van der Waals surface area (Å²) in [5.74, 6) is 0. The van der Waals surface area contributed by atoms with Gasteiger partial charge in [0.05, 0.1) is 6.10 Å². The van der Waals surface area contributed by atoms with Crippen LogP contribution in [-0.2, 0) is 4.74 Å². The van der Waals surface area contributed by atoms with Gasteiger partial charge in [0.1, 0.15) is 7.11 Å². The minimum atomic E-state index is 0.100. The summed E-state index contributed by atoms with van der Waals surface area (Å²) in [5, 5.41) is 0. The molecular weight excluding hydrogens is 128 g/mol. The predicted molar refractivity (Wildman–Crippen MR) is 40.9 cm³/mol. The summed E-state index contributed by atoms with van der Waals surface area (Å²) in [5.41, 5.74) is 0. The van der Waals surface area contributed by atoms with Gasteiger partial charge < -0.3 is 9.47 Å². The largest absolute Gasteiger partial charge is 0.412 e. The highest BCUT2D eigenvalue weighted by Gasteiger charge is 2.19. The van der Waals surface area contributed by atoms with Crippen LogP contribution in [0.15, 0.2) is 0 Å². The van der Waals surface area contributed by atoms with Crippen LogP contribution in [-0.4, -0.2) is 24.2 Å². The Morgan fingerprint density at radius 3 is 2.50 bits per heavy atom. The topological polar surface area (TPSA) is 22.0 Å². The minimum absolute atomic E-state index is 0.100. The van der Waals surface area contributed by atoms with Crippen molar-refractivity contribution >= 4 is 0 Å². The van der Waals surface area contributed by atoms with Gasteiger partial charge in [-0.15, -0.1) is 0 Å². The third-order valence-electron chi connectivity index (χ3n) is 2.06. The van der Waals surface area contributed by atoms with E-state index in [-0.39, 0.29) is 6.29 Å². The van der Waals surface area contributed by atoms with Gasteiger partial charge in [-0.1, -0.05) is 12.8 Å². The number of ether oxygens (including phenoxy) is 2. The van der Waals surface area contributed by atoms with E-state index in [4.69, 9.17) is 4.74 Å². The van der Waals surface area contributed by atoms with Gasteiger partial charge in [0.25, 0.3) is 6.29 Å². The number of hydrogen-bond donors (Lipinski definition) is 0. The van der Waals surface area contributed by atoms with Crippen LogP contribution in [0.5, 0.6) is 0 Å². The third kappa shape index (κ3) is 2.27. The van der Waals surface area contributed by atoms with Gasteiger partial charge in [0, 0.05) is 6.92 Å². The second-order valence-electron chi connectivity index (χ2n) is 2.90. The second-order valence-corrected chi connectivity index (χ2v) is 2.90. The predicted octanol–water partition coefficient (Wildman–Crippen LogP) is 1.45. The fourth-order valence-corrected chi connectivity index (χ4v) is 1.36. The van der Waals surface area contributed by atoms with Crippen LogP contribution in [0.3, 0.4) is 0 Å².